The monoisotopic (exact) mass is 318 g/mol. The van der Waals surface area contributed by atoms with Crippen molar-refractivity contribution in [2.45, 2.75) is 17.1 Å². The van der Waals surface area contributed by atoms with Gasteiger partial charge in [0.15, 0.2) is 0 Å². The number of rotatable bonds is 4. The number of nitrogens with one attached hydrogen (secondary N) is 1. The average molecular weight is 318 g/mol. The Kier molecular flexibility index (Phi) is 4.41. The van der Waals surface area contributed by atoms with Gasteiger partial charge in [-0.2, -0.15) is 4.31 Å². The van der Waals surface area contributed by atoms with E-state index >= 15 is 0 Å². The molecule has 0 bridgehead atoms. The number of carbonyl (C=O) groups is 2. The van der Waals surface area contributed by atoms with E-state index in [0.717, 1.165) is 11.3 Å². The van der Waals surface area contributed by atoms with Crippen molar-refractivity contribution in [3.8, 4) is 0 Å². The number of hydrogen-bond donors (Lipinski definition) is 2. The molecule has 2 rings (SSSR count). The van der Waals surface area contributed by atoms with E-state index in [4.69, 9.17) is 5.11 Å². The minimum absolute atomic E-state index is 0.114. The highest BCUT2D eigenvalue weighted by Gasteiger charge is 2.28. The molecule has 2 N–H and O–H groups in total. The van der Waals surface area contributed by atoms with Crippen LogP contribution in [0.4, 0.5) is 0 Å². The topological polar surface area (TPSA) is 104 Å². The van der Waals surface area contributed by atoms with Gasteiger partial charge in [-0.05, 0) is 12.1 Å². The Bertz CT molecular complexity index is 623. The summed E-state index contributed by atoms with van der Waals surface area (Å²) in [6.45, 7) is 0.645. The van der Waals surface area contributed by atoms with Crippen molar-refractivity contribution in [3.05, 3.63) is 17.0 Å². The zero-order valence-electron chi connectivity index (χ0n) is 10.5. The summed E-state index contributed by atoms with van der Waals surface area (Å²) < 4.78 is 26.2. The van der Waals surface area contributed by atoms with Crippen LogP contribution in [-0.4, -0.2) is 49.3 Å². The molecule has 1 saturated heterocycles. The Morgan fingerprint density at radius 2 is 2.15 bits per heavy atom. The largest absolute Gasteiger partial charge is 0.481 e. The molecule has 0 aromatic carbocycles. The first-order valence-corrected chi connectivity index (χ1v) is 8.22. The van der Waals surface area contributed by atoms with Crippen molar-refractivity contribution in [1.82, 2.24) is 9.62 Å². The van der Waals surface area contributed by atoms with E-state index in [2.05, 4.69) is 5.32 Å². The van der Waals surface area contributed by atoms with Crippen molar-refractivity contribution in [1.29, 1.82) is 0 Å². The quantitative estimate of drug-likeness (QED) is 0.806. The summed E-state index contributed by atoms with van der Waals surface area (Å²) in [4.78, 5) is 22.3. The number of thiophene rings is 1. The molecule has 1 amide bonds. The first-order chi connectivity index (χ1) is 9.39. The predicted molar refractivity (Wildman–Crippen MR) is 72.0 cm³/mol. The Labute approximate surface area is 120 Å². The first-order valence-electron chi connectivity index (χ1n) is 5.97. The predicted octanol–water partition coefficient (Wildman–Crippen LogP) is -0.114. The van der Waals surface area contributed by atoms with Gasteiger partial charge in [0.1, 0.15) is 4.21 Å². The van der Waals surface area contributed by atoms with Crippen LogP contribution in [0.25, 0.3) is 0 Å². The summed E-state index contributed by atoms with van der Waals surface area (Å²) >= 11 is 0.954. The average Bonchev–Trinajstić information content (AvgIpc) is 2.70. The van der Waals surface area contributed by atoms with Crippen molar-refractivity contribution in [2.24, 2.45) is 0 Å². The fraction of sp³-hybridized carbons (Fsp3) is 0.455. The van der Waals surface area contributed by atoms with Gasteiger partial charge < -0.3 is 10.4 Å². The molecule has 0 radical (unpaired) electrons. The van der Waals surface area contributed by atoms with Crippen LogP contribution in [0.5, 0.6) is 0 Å². The molecule has 1 fully saturated rings. The zero-order valence-corrected chi connectivity index (χ0v) is 12.2. The smallest absolute Gasteiger partial charge is 0.308 e. The van der Waals surface area contributed by atoms with Crippen LogP contribution < -0.4 is 5.32 Å². The van der Waals surface area contributed by atoms with Gasteiger partial charge >= 0.3 is 5.97 Å². The van der Waals surface area contributed by atoms with Crippen molar-refractivity contribution >= 4 is 33.2 Å². The second-order valence-electron chi connectivity index (χ2n) is 4.30. The van der Waals surface area contributed by atoms with E-state index in [1.165, 1.54) is 16.4 Å². The highest BCUT2D eigenvalue weighted by atomic mass is 32.2. The lowest BCUT2D eigenvalue weighted by Gasteiger charge is -2.17. The molecular weight excluding hydrogens is 304 g/mol. The molecule has 0 atom stereocenters. The number of sulfonamides is 1. The SMILES string of the molecule is O=C(O)Cc1ccc(S(=O)(=O)N2CCNC(=O)CC2)s1. The molecule has 1 aromatic rings. The molecule has 9 heteroatoms. The molecule has 0 saturated carbocycles. The molecule has 0 unspecified atom stereocenters. The Hall–Kier alpha value is -1.45. The summed E-state index contributed by atoms with van der Waals surface area (Å²) in [7, 11) is -3.66. The molecule has 1 aliphatic heterocycles. The Morgan fingerprint density at radius 3 is 2.85 bits per heavy atom. The van der Waals surface area contributed by atoms with E-state index in [1.807, 2.05) is 0 Å². The fourth-order valence-corrected chi connectivity index (χ4v) is 4.80. The van der Waals surface area contributed by atoms with Gasteiger partial charge in [0.25, 0.3) is 10.0 Å². The summed E-state index contributed by atoms with van der Waals surface area (Å²) in [5.41, 5.74) is 0. The van der Waals surface area contributed by atoms with Gasteiger partial charge in [0, 0.05) is 30.9 Å². The van der Waals surface area contributed by atoms with E-state index in [-0.39, 0.29) is 42.6 Å². The van der Waals surface area contributed by atoms with Crippen LogP contribution in [0, 0.1) is 0 Å². The van der Waals surface area contributed by atoms with Gasteiger partial charge in [-0.1, -0.05) is 0 Å². The van der Waals surface area contributed by atoms with Gasteiger partial charge in [0.05, 0.1) is 6.42 Å². The van der Waals surface area contributed by atoms with Crippen molar-refractivity contribution < 1.29 is 23.1 Å². The lowest BCUT2D eigenvalue weighted by Crippen LogP contribution is -2.33. The summed E-state index contributed by atoms with van der Waals surface area (Å²) in [5, 5.41) is 11.3. The molecule has 0 aliphatic carbocycles. The zero-order chi connectivity index (χ0) is 14.8. The molecule has 1 aliphatic rings. The summed E-state index contributed by atoms with van der Waals surface area (Å²) in [6.07, 6.45) is -0.0627. The minimum Gasteiger partial charge on any atom is -0.481 e. The fourth-order valence-electron chi connectivity index (χ4n) is 1.85. The number of carboxylic acid groups (broad SMARTS) is 1. The number of carboxylic acids is 1. The van der Waals surface area contributed by atoms with Crippen LogP contribution in [0.2, 0.25) is 0 Å². The lowest BCUT2D eigenvalue weighted by molar-refractivity contribution is -0.136. The Balaban J connectivity index is 2.18. The Morgan fingerprint density at radius 1 is 1.40 bits per heavy atom. The van der Waals surface area contributed by atoms with Crippen LogP contribution in [-0.2, 0) is 26.0 Å². The van der Waals surface area contributed by atoms with Gasteiger partial charge in [-0.25, -0.2) is 8.42 Å². The third kappa shape index (κ3) is 3.35. The van der Waals surface area contributed by atoms with E-state index in [0.29, 0.717) is 4.88 Å². The molecule has 7 nitrogen and oxygen atoms in total. The normalized spacial score (nSPS) is 17.5. The second kappa shape index (κ2) is 5.90. The maximum absolute atomic E-state index is 12.4. The third-order valence-corrected chi connectivity index (χ3v) is 6.28. The minimum atomic E-state index is -3.66. The maximum atomic E-state index is 12.4. The molecule has 1 aromatic heterocycles. The standard InChI is InChI=1S/C11H14N2O5S2/c14-9-3-5-13(6-4-12-9)20(17,18)11-2-1-8(19-11)7-10(15)16/h1-2H,3-7H2,(H,12,14)(H,15,16). The van der Waals surface area contributed by atoms with Gasteiger partial charge in [-0.15, -0.1) is 11.3 Å². The molecule has 110 valence electrons. The lowest BCUT2D eigenvalue weighted by atomic mass is 10.3. The summed E-state index contributed by atoms with van der Waals surface area (Å²) in [6, 6.07) is 2.92. The number of carbonyl (C=O) groups excluding carboxylic acids is 1. The number of aliphatic carboxylic acids is 1. The number of hydrogen-bond acceptors (Lipinski definition) is 5. The van der Waals surface area contributed by atoms with Gasteiger partial charge in [-0.3, -0.25) is 9.59 Å². The number of nitrogens with zero attached hydrogens (tertiary/aromatic N) is 1. The van der Waals surface area contributed by atoms with Crippen LogP contribution in [0.15, 0.2) is 16.3 Å². The molecule has 0 spiro atoms. The molecule has 2 heterocycles. The highest BCUT2D eigenvalue weighted by Crippen LogP contribution is 2.25. The van der Waals surface area contributed by atoms with E-state index in [9.17, 15) is 18.0 Å². The van der Waals surface area contributed by atoms with Crippen molar-refractivity contribution in [3.63, 3.8) is 0 Å². The van der Waals surface area contributed by atoms with E-state index in [1.54, 1.807) is 0 Å². The maximum Gasteiger partial charge on any atom is 0.308 e. The first kappa shape index (κ1) is 14.9. The van der Waals surface area contributed by atoms with Crippen LogP contribution in [0.1, 0.15) is 11.3 Å². The van der Waals surface area contributed by atoms with Crippen LogP contribution in [0.3, 0.4) is 0 Å². The second-order valence-corrected chi connectivity index (χ2v) is 7.63. The third-order valence-electron chi connectivity index (χ3n) is 2.83. The molecule has 20 heavy (non-hydrogen) atoms. The highest BCUT2D eigenvalue weighted by molar-refractivity contribution is 7.91. The van der Waals surface area contributed by atoms with Crippen LogP contribution >= 0.6 is 11.3 Å². The van der Waals surface area contributed by atoms with Crippen molar-refractivity contribution in [2.75, 3.05) is 19.6 Å². The van der Waals surface area contributed by atoms with Gasteiger partial charge in [0.2, 0.25) is 5.91 Å². The summed E-state index contributed by atoms with van der Waals surface area (Å²) in [5.74, 6) is -1.17. The van der Waals surface area contributed by atoms with E-state index < -0.39 is 16.0 Å². The molecular formula is C11H14N2O5S2. The number of amides is 1.